The van der Waals surface area contributed by atoms with E-state index < -0.39 is 68.5 Å². The average Bonchev–Trinajstić information content (AvgIpc) is 2.75. The van der Waals surface area contributed by atoms with Crippen LogP contribution in [0.5, 0.6) is 0 Å². The highest BCUT2D eigenvalue weighted by atomic mass is 16.7. The Morgan fingerprint density at radius 1 is 0.714 bits per heavy atom. The van der Waals surface area contributed by atoms with Crippen molar-refractivity contribution in [3.05, 3.63) is 0 Å². The van der Waals surface area contributed by atoms with Gasteiger partial charge in [0.05, 0.1) is 13.2 Å². The standard InChI is InChI=1S/C11H20O10/c12-1-3-5(14)6(15)7(16)11(20-3)21-9-4(2-13)19-10(18)8(9)17/h3-18H,1-2H2/t3?,4-,5+,6-,7?,8?,9+,10-,11+/m1/s1. The van der Waals surface area contributed by atoms with E-state index in [9.17, 15) is 25.5 Å². The number of hydrogen-bond acceptors (Lipinski definition) is 10. The first-order valence-corrected chi connectivity index (χ1v) is 6.49. The molecule has 2 rings (SSSR count). The number of hydrogen-bond donors (Lipinski definition) is 7. The van der Waals surface area contributed by atoms with E-state index in [2.05, 4.69) is 0 Å². The zero-order valence-corrected chi connectivity index (χ0v) is 11.0. The van der Waals surface area contributed by atoms with Crippen molar-refractivity contribution in [2.24, 2.45) is 0 Å². The third-order valence-electron chi connectivity index (χ3n) is 3.63. The van der Waals surface area contributed by atoms with Gasteiger partial charge in [-0.05, 0) is 0 Å². The lowest BCUT2D eigenvalue weighted by Gasteiger charge is -2.41. The summed E-state index contributed by atoms with van der Waals surface area (Å²) in [5, 5.41) is 66.3. The number of aliphatic hydroxyl groups is 7. The average molecular weight is 312 g/mol. The maximum absolute atomic E-state index is 9.80. The van der Waals surface area contributed by atoms with Gasteiger partial charge in [-0.3, -0.25) is 0 Å². The summed E-state index contributed by atoms with van der Waals surface area (Å²) in [4.78, 5) is 0. The molecule has 124 valence electrons. The van der Waals surface area contributed by atoms with Crippen LogP contribution in [0.1, 0.15) is 0 Å². The van der Waals surface area contributed by atoms with E-state index in [-0.39, 0.29) is 0 Å². The lowest BCUT2D eigenvalue weighted by atomic mass is 9.99. The molecule has 7 N–H and O–H groups in total. The largest absolute Gasteiger partial charge is 0.394 e. The van der Waals surface area contributed by atoms with E-state index in [1.165, 1.54) is 0 Å². The molecule has 2 aliphatic heterocycles. The Morgan fingerprint density at radius 2 is 1.33 bits per heavy atom. The molecule has 2 saturated heterocycles. The van der Waals surface area contributed by atoms with Gasteiger partial charge in [0.1, 0.15) is 42.7 Å². The molecule has 2 fully saturated rings. The van der Waals surface area contributed by atoms with E-state index >= 15 is 0 Å². The van der Waals surface area contributed by atoms with Crippen molar-refractivity contribution in [1.82, 2.24) is 0 Å². The zero-order chi connectivity index (χ0) is 15.7. The lowest BCUT2D eigenvalue weighted by Crippen LogP contribution is -2.60. The Labute approximate surface area is 119 Å². The molecule has 0 aliphatic carbocycles. The molecule has 0 spiro atoms. The van der Waals surface area contributed by atoms with E-state index in [1.54, 1.807) is 0 Å². The number of aliphatic hydroxyl groups excluding tert-OH is 7. The van der Waals surface area contributed by atoms with E-state index in [4.69, 9.17) is 24.4 Å². The van der Waals surface area contributed by atoms with Crippen LogP contribution in [0.25, 0.3) is 0 Å². The summed E-state index contributed by atoms with van der Waals surface area (Å²) >= 11 is 0. The van der Waals surface area contributed by atoms with Crippen LogP contribution in [0.3, 0.4) is 0 Å². The van der Waals surface area contributed by atoms with E-state index in [0.717, 1.165) is 0 Å². The van der Waals surface area contributed by atoms with Gasteiger partial charge in [-0.2, -0.15) is 0 Å². The van der Waals surface area contributed by atoms with Crippen LogP contribution in [0.2, 0.25) is 0 Å². The molecular weight excluding hydrogens is 292 g/mol. The molecule has 0 amide bonds. The second kappa shape index (κ2) is 6.79. The van der Waals surface area contributed by atoms with Crippen molar-refractivity contribution in [3.63, 3.8) is 0 Å². The fourth-order valence-corrected chi connectivity index (χ4v) is 2.37. The third-order valence-corrected chi connectivity index (χ3v) is 3.63. The van der Waals surface area contributed by atoms with Gasteiger partial charge >= 0.3 is 0 Å². The topological polar surface area (TPSA) is 169 Å². The van der Waals surface area contributed by atoms with Crippen molar-refractivity contribution in [1.29, 1.82) is 0 Å². The summed E-state index contributed by atoms with van der Waals surface area (Å²) in [6.45, 7) is -1.18. The maximum Gasteiger partial charge on any atom is 0.187 e. The Hall–Kier alpha value is -0.400. The van der Waals surface area contributed by atoms with Gasteiger partial charge < -0.3 is 50.0 Å². The SMILES string of the molecule is OCC1O[C@@H](O[C@@H]2C(O)[C@H](O)O[C@@H]2CO)C(O)[C@H](O)[C@H]1O. The summed E-state index contributed by atoms with van der Waals surface area (Å²) in [6, 6.07) is 0. The van der Waals surface area contributed by atoms with Crippen LogP contribution in [-0.2, 0) is 14.2 Å². The van der Waals surface area contributed by atoms with Crippen molar-refractivity contribution >= 4 is 0 Å². The van der Waals surface area contributed by atoms with Gasteiger partial charge in [0.25, 0.3) is 0 Å². The van der Waals surface area contributed by atoms with Crippen molar-refractivity contribution in [2.45, 2.75) is 55.3 Å². The molecule has 0 saturated carbocycles. The normalized spacial score (nSPS) is 51.3. The predicted octanol–water partition coefficient (Wildman–Crippen LogP) is -4.76. The highest BCUT2D eigenvalue weighted by Crippen LogP contribution is 2.28. The minimum atomic E-state index is -1.65. The Bertz CT molecular complexity index is 339. The molecular formula is C11H20O10. The predicted molar refractivity (Wildman–Crippen MR) is 62.6 cm³/mol. The van der Waals surface area contributed by atoms with Crippen LogP contribution in [0, 0.1) is 0 Å². The summed E-state index contributed by atoms with van der Waals surface area (Å²) in [5.74, 6) is 0. The van der Waals surface area contributed by atoms with Crippen LogP contribution in [0.15, 0.2) is 0 Å². The monoisotopic (exact) mass is 312 g/mol. The summed E-state index contributed by atoms with van der Waals surface area (Å²) in [6.07, 6.45) is -12.8. The summed E-state index contributed by atoms with van der Waals surface area (Å²) in [5.41, 5.74) is 0. The first kappa shape index (κ1) is 17.0. The highest BCUT2D eigenvalue weighted by molar-refractivity contribution is 4.92. The van der Waals surface area contributed by atoms with Crippen molar-refractivity contribution < 1.29 is 50.0 Å². The number of ether oxygens (including phenoxy) is 3. The van der Waals surface area contributed by atoms with Crippen molar-refractivity contribution in [3.8, 4) is 0 Å². The van der Waals surface area contributed by atoms with Crippen molar-refractivity contribution in [2.75, 3.05) is 13.2 Å². The fourth-order valence-electron chi connectivity index (χ4n) is 2.37. The highest BCUT2D eigenvalue weighted by Gasteiger charge is 2.49. The minimum Gasteiger partial charge on any atom is -0.394 e. The van der Waals surface area contributed by atoms with Gasteiger partial charge in [0.15, 0.2) is 12.6 Å². The van der Waals surface area contributed by atoms with Gasteiger partial charge in [-0.25, -0.2) is 0 Å². The summed E-state index contributed by atoms with van der Waals surface area (Å²) in [7, 11) is 0. The van der Waals surface area contributed by atoms with Crippen LogP contribution in [0.4, 0.5) is 0 Å². The van der Waals surface area contributed by atoms with Gasteiger partial charge in [-0.1, -0.05) is 0 Å². The quantitative estimate of drug-likeness (QED) is 0.267. The van der Waals surface area contributed by atoms with Gasteiger partial charge in [-0.15, -0.1) is 0 Å². The zero-order valence-electron chi connectivity index (χ0n) is 11.0. The molecule has 0 bridgehead atoms. The number of rotatable bonds is 4. The van der Waals surface area contributed by atoms with Crippen LogP contribution < -0.4 is 0 Å². The Morgan fingerprint density at radius 3 is 1.90 bits per heavy atom. The maximum atomic E-state index is 9.80. The molecule has 0 radical (unpaired) electrons. The van der Waals surface area contributed by atoms with Crippen LogP contribution >= 0.6 is 0 Å². The second-order valence-corrected chi connectivity index (χ2v) is 5.04. The summed E-state index contributed by atoms with van der Waals surface area (Å²) < 4.78 is 15.2. The van der Waals surface area contributed by atoms with Crippen LogP contribution in [-0.4, -0.2) is 104 Å². The molecule has 2 aliphatic rings. The van der Waals surface area contributed by atoms with E-state index in [0.29, 0.717) is 0 Å². The third kappa shape index (κ3) is 3.19. The minimum absolute atomic E-state index is 0.559. The van der Waals surface area contributed by atoms with E-state index in [1.807, 2.05) is 0 Å². The first-order chi connectivity index (χ1) is 9.90. The molecule has 3 unspecified atom stereocenters. The smallest absolute Gasteiger partial charge is 0.187 e. The molecule has 2 heterocycles. The molecule has 0 aromatic carbocycles. The Kier molecular flexibility index (Phi) is 5.48. The molecule has 0 aromatic rings. The van der Waals surface area contributed by atoms with Gasteiger partial charge in [0.2, 0.25) is 0 Å². The molecule has 0 aromatic heterocycles. The first-order valence-electron chi connectivity index (χ1n) is 6.49. The Balaban J connectivity index is 2.07. The lowest BCUT2D eigenvalue weighted by molar-refractivity contribution is -0.318. The second-order valence-electron chi connectivity index (χ2n) is 5.04. The molecule has 9 atom stereocenters. The molecule has 21 heavy (non-hydrogen) atoms. The van der Waals surface area contributed by atoms with Gasteiger partial charge in [0, 0.05) is 0 Å². The molecule has 10 heteroatoms. The fraction of sp³-hybridized carbons (Fsp3) is 1.00. The molecule has 10 nitrogen and oxygen atoms in total.